The molecule has 0 spiro atoms. The van der Waals surface area contributed by atoms with Gasteiger partial charge in [-0.2, -0.15) is 0 Å². The molecule has 3 rings (SSSR count). The molecule has 0 aromatic heterocycles. The maximum absolute atomic E-state index is 14.4. The molecule has 0 amide bonds. The molecule has 0 aromatic rings. The number of hydrogen-bond donors (Lipinski definition) is 0. The van der Waals surface area contributed by atoms with E-state index < -0.39 is 18.6 Å². The Morgan fingerprint density at radius 1 is 1.04 bits per heavy atom. The average Bonchev–Trinajstić information content (AvgIpc) is 2.64. The highest BCUT2D eigenvalue weighted by Crippen LogP contribution is 2.45. The summed E-state index contributed by atoms with van der Waals surface area (Å²) in [7, 11) is 0. The Balaban J connectivity index is 1.51. The monoisotopic (exact) mass is 404 g/mol. The van der Waals surface area contributed by atoms with E-state index in [1.165, 1.54) is 44.1 Å². The third kappa shape index (κ3) is 5.73. The molecule has 0 aliphatic heterocycles. The molecule has 0 bridgehead atoms. The molecule has 2 saturated carbocycles. The van der Waals surface area contributed by atoms with Gasteiger partial charge in [-0.25, -0.2) is 4.39 Å². The number of alkyl halides is 4. The minimum Gasteiger partial charge on any atom is -0.285 e. The van der Waals surface area contributed by atoms with Crippen LogP contribution in [-0.4, -0.2) is 18.6 Å². The Kier molecular flexibility index (Phi) is 7.49. The molecule has 5 heteroatoms. The topological polar surface area (TPSA) is 9.23 Å². The van der Waals surface area contributed by atoms with Crippen molar-refractivity contribution in [1.29, 1.82) is 0 Å². The standard InChI is InChI=1S/C23H36F4O/c1-3-4-16-5-7-17(8-6-16)18-9-11-19(12-10-18)20-14-21(24)22(13-15(20)2)28-23(25,26)27/h11,15-18,20-22H,3-10,12-14H2,1-2H3. The average molecular weight is 405 g/mol. The van der Waals surface area contributed by atoms with Gasteiger partial charge in [0, 0.05) is 0 Å². The lowest BCUT2D eigenvalue weighted by atomic mass is 9.67. The van der Waals surface area contributed by atoms with Crippen molar-refractivity contribution < 1.29 is 22.3 Å². The quantitative estimate of drug-likeness (QED) is 0.338. The summed E-state index contributed by atoms with van der Waals surface area (Å²) in [4.78, 5) is 0. The van der Waals surface area contributed by atoms with Gasteiger partial charge in [0.25, 0.3) is 0 Å². The van der Waals surface area contributed by atoms with Crippen molar-refractivity contribution in [3.63, 3.8) is 0 Å². The van der Waals surface area contributed by atoms with Crippen LogP contribution in [0.25, 0.3) is 0 Å². The van der Waals surface area contributed by atoms with Crippen molar-refractivity contribution in [2.24, 2.45) is 29.6 Å². The highest BCUT2D eigenvalue weighted by atomic mass is 19.4. The van der Waals surface area contributed by atoms with Crippen LogP contribution < -0.4 is 0 Å². The number of rotatable bonds is 5. The van der Waals surface area contributed by atoms with E-state index in [0.717, 1.165) is 37.0 Å². The van der Waals surface area contributed by atoms with Crippen LogP contribution in [0.1, 0.15) is 84.5 Å². The first kappa shape index (κ1) is 22.1. The summed E-state index contributed by atoms with van der Waals surface area (Å²) >= 11 is 0. The molecular weight excluding hydrogens is 368 g/mol. The van der Waals surface area contributed by atoms with Gasteiger partial charge in [-0.15, -0.1) is 13.2 Å². The van der Waals surface area contributed by atoms with Gasteiger partial charge in [0.2, 0.25) is 0 Å². The van der Waals surface area contributed by atoms with Crippen molar-refractivity contribution in [2.45, 2.75) is 103 Å². The second-order valence-electron chi connectivity index (χ2n) is 9.56. The van der Waals surface area contributed by atoms with Crippen molar-refractivity contribution in [3.05, 3.63) is 11.6 Å². The molecule has 162 valence electrons. The Hall–Kier alpha value is -0.580. The first-order valence-electron chi connectivity index (χ1n) is 11.3. The van der Waals surface area contributed by atoms with Crippen molar-refractivity contribution in [3.8, 4) is 0 Å². The Labute approximate surface area is 167 Å². The molecule has 3 aliphatic rings. The fraction of sp³-hybridized carbons (Fsp3) is 0.913. The van der Waals surface area contributed by atoms with E-state index in [2.05, 4.69) is 17.7 Å². The van der Waals surface area contributed by atoms with Gasteiger partial charge in [-0.1, -0.05) is 51.2 Å². The molecule has 5 atom stereocenters. The van der Waals surface area contributed by atoms with E-state index >= 15 is 0 Å². The van der Waals surface area contributed by atoms with E-state index in [1.807, 2.05) is 6.92 Å². The fourth-order valence-electron chi connectivity index (χ4n) is 6.11. The van der Waals surface area contributed by atoms with E-state index in [4.69, 9.17) is 0 Å². The maximum Gasteiger partial charge on any atom is 0.522 e. The minimum atomic E-state index is -4.75. The Bertz CT molecular complexity index is 521. The van der Waals surface area contributed by atoms with E-state index in [0.29, 0.717) is 0 Å². The summed E-state index contributed by atoms with van der Waals surface area (Å²) in [5.41, 5.74) is 1.29. The van der Waals surface area contributed by atoms with Crippen molar-refractivity contribution >= 4 is 0 Å². The van der Waals surface area contributed by atoms with Gasteiger partial charge in [-0.05, 0) is 74.5 Å². The van der Waals surface area contributed by atoms with Gasteiger partial charge in [0.1, 0.15) is 6.17 Å². The van der Waals surface area contributed by atoms with E-state index in [1.54, 1.807) is 0 Å². The largest absolute Gasteiger partial charge is 0.522 e. The zero-order valence-electron chi connectivity index (χ0n) is 17.3. The summed E-state index contributed by atoms with van der Waals surface area (Å²) in [6, 6.07) is 0. The third-order valence-electron chi connectivity index (χ3n) is 7.68. The molecular formula is C23H36F4O. The SMILES string of the molecule is CCCC1CCC(C2CC=C(C3CC(F)C(OC(F)(F)F)CC3C)CC2)CC1. The molecule has 3 aliphatic carbocycles. The second-order valence-corrected chi connectivity index (χ2v) is 9.56. The summed E-state index contributed by atoms with van der Waals surface area (Å²) < 4.78 is 55.8. The second kappa shape index (κ2) is 9.49. The van der Waals surface area contributed by atoms with Crippen LogP contribution in [0.15, 0.2) is 11.6 Å². The highest BCUT2D eigenvalue weighted by molar-refractivity contribution is 5.14. The van der Waals surface area contributed by atoms with Crippen LogP contribution in [0.3, 0.4) is 0 Å². The van der Waals surface area contributed by atoms with Crippen LogP contribution in [0.2, 0.25) is 0 Å². The van der Waals surface area contributed by atoms with Crippen LogP contribution in [0.4, 0.5) is 17.6 Å². The molecule has 1 nitrogen and oxygen atoms in total. The van der Waals surface area contributed by atoms with E-state index in [-0.39, 0.29) is 24.7 Å². The van der Waals surface area contributed by atoms with Crippen LogP contribution >= 0.6 is 0 Å². The Morgan fingerprint density at radius 3 is 2.32 bits per heavy atom. The molecule has 0 saturated heterocycles. The van der Waals surface area contributed by atoms with Gasteiger partial charge in [0.05, 0.1) is 6.10 Å². The molecule has 0 radical (unpaired) electrons. The number of ether oxygens (including phenoxy) is 1. The number of allylic oxidation sites excluding steroid dienone is 2. The lowest BCUT2D eigenvalue weighted by Crippen LogP contribution is -2.41. The predicted molar refractivity (Wildman–Crippen MR) is 103 cm³/mol. The summed E-state index contributed by atoms with van der Waals surface area (Å²) in [6.45, 7) is 4.22. The summed E-state index contributed by atoms with van der Waals surface area (Å²) in [5, 5.41) is 0. The van der Waals surface area contributed by atoms with Gasteiger partial charge in [0.15, 0.2) is 0 Å². The van der Waals surface area contributed by atoms with E-state index in [9.17, 15) is 17.6 Å². The lowest BCUT2D eigenvalue weighted by molar-refractivity contribution is -0.353. The molecule has 0 heterocycles. The molecule has 28 heavy (non-hydrogen) atoms. The normalized spacial score (nSPS) is 40.2. The van der Waals surface area contributed by atoms with Crippen molar-refractivity contribution in [2.75, 3.05) is 0 Å². The first-order valence-corrected chi connectivity index (χ1v) is 11.3. The third-order valence-corrected chi connectivity index (χ3v) is 7.68. The zero-order valence-corrected chi connectivity index (χ0v) is 17.3. The molecule has 0 aromatic carbocycles. The molecule has 0 N–H and O–H groups in total. The lowest BCUT2D eigenvalue weighted by Gasteiger charge is -2.40. The molecule has 2 fully saturated rings. The first-order chi connectivity index (χ1) is 13.3. The van der Waals surface area contributed by atoms with Gasteiger partial charge in [-0.3, -0.25) is 4.74 Å². The van der Waals surface area contributed by atoms with Crippen LogP contribution in [-0.2, 0) is 4.74 Å². The highest BCUT2D eigenvalue weighted by Gasteiger charge is 2.43. The predicted octanol–water partition coefficient (Wildman–Crippen LogP) is 7.61. The summed E-state index contributed by atoms with van der Waals surface area (Å²) in [6.07, 6.45) is 6.31. The molecule has 5 unspecified atom stereocenters. The Morgan fingerprint density at radius 2 is 1.75 bits per heavy atom. The number of halogens is 4. The number of hydrogen-bond acceptors (Lipinski definition) is 1. The van der Waals surface area contributed by atoms with Gasteiger partial charge < -0.3 is 0 Å². The fourth-order valence-corrected chi connectivity index (χ4v) is 6.11. The smallest absolute Gasteiger partial charge is 0.285 e. The minimum absolute atomic E-state index is 0.0339. The van der Waals surface area contributed by atoms with Crippen LogP contribution in [0, 0.1) is 29.6 Å². The summed E-state index contributed by atoms with van der Waals surface area (Å²) in [5.74, 6) is 2.60. The van der Waals surface area contributed by atoms with Crippen molar-refractivity contribution in [1.82, 2.24) is 0 Å². The zero-order chi connectivity index (χ0) is 20.3. The maximum atomic E-state index is 14.4. The van der Waals surface area contributed by atoms with Crippen LogP contribution in [0.5, 0.6) is 0 Å². The van der Waals surface area contributed by atoms with Gasteiger partial charge >= 0.3 is 6.36 Å².